The molecule has 0 fully saturated rings. The Bertz CT molecular complexity index is 678. The maximum absolute atomic E-state index is 5.70. The topological polar surface area (TPSA) is 69.6 Å². The van der Waals surface area contributed by atoms with Gasteiger partial charge in [0.15, 0.2) is 5.13 Å². The van der Waals surface area contributed by atoms with E-state index in [4.69, 9.17) is 5.73 Å². The van der Waals surface area contributed by atoms with Gasteiger partial charge >= 0.3 is 0 Å². The third kappa shape index (κ3) is 1.57. The Balaban J connectivity index is 2.24. The highest BCUT2D eigenvalue weighted by molar-refractivity contribution is 7.22. The van der Waals surface area contributed by atoms with Crippen molar-refractivity contribution >= 4 is 26.7 Å². The molecule has 2 aromatic heterocycles. The highest BCUT2D eigenvalue weighted by Crippen LogP contribution is 2.29. The lowest BCUT2D eigenvalue weighted by Gasteiger charge is -2.01. The van der Waals surface area contributed by atoms with Crippen LogP contribution >= 0.6 is 11.3 Å². The zero-order chi connectivity index (χ0) is 12.0. The summed E-state index contributed by atoms with van der Waals surface area (Å²) in [6.07, 6.45) is 0. The van der Waals surface area contributed by atoms with Crippen LogP contribution in [0.15, 0.2) is 18.2 Å². The van der Waals surface area contributed by atoms with Gasteiger partial charge in [0.05, 0.1) is 21.6 Å². The minimum Gasteiger partial charge on any atom is -0.375 e. The quantitative estimate of drug-likeness (QED) is 0.711. The number of nitrogens with zero attached hydrogens (tertiary/aromatic N) is 4. The molecule has 0 aliphatic carbocycles. The van der Waals surface area contributed by atoms with Crippen molar-refractivity contribution in [3.05, 3.63) is 23.9 Å². The van der Waals surface area contributed by atoms with Gasteiger partial charge in [-0.25, -0.2) is 9.67 Å². The summed E-state index contributed by atoms with van der Waals surface area (Å²) in [6.45, 7) is 1.95. The summed E-state index contributed by atoms with van der Waals surface area (Å²) in [4.78, 5) is 4.24. The van der Waals surface area contributed by atoms with Crippen molar-refractivity contribution in [2.45, 2.75) is 6.92 Å². The predicted molar refractivity (Wildman–Crippen MR) is 68.8 cm³/mol. The highest BCUT2D eigenvalue weighted by Gasteiger charge is 2.10. The third-order valence-corrected chi connectivity index (χ3v) is 3.52. The Hall–Kier alpha value is -1.95. The zero-order valence-corrected chi connectivity index (χ0v) is 10.3. The number of thiazole rings is 1. The molecule has 3 aromatic rings. The van der Waals surface area contributed by atoms with Gasteiger partial charge in [-0.05, 0) is 19.1 Å². The summed E-state index contributed by atoms with van der Waals surface area (Å²) < 4.78 is 2.86. The molecule has 17 heavy (non-hydrogen) atoms. The number of benzene rings is 1. The fourth-order valence-corrected chi connectivity index (χ4v) is 2.72. The minimum absolute atomic E-state index is 0.594. The summed E-state index contributed by atoms with van der Waals surface area (Å²) >= 11 is 1.49. The molecule has 0 saturated carbocycles. The van der Waals surface area contributed by atoms with Crippen molar-refractivity contribution in [3.8, 4) is 11.3 Å². The second kappa shape index (κ2) is 3.53. The molecular weight excluding hydrogens is 234 g/mol. The van der Waals surface area contributed by atoms with Gasteiger partial charge in [-0.3, -0.25) is 0 Å². The fraction of sp³-hybridized carbons (Fsp3) is 0.182. The average Bonchev–Trinajstić information content (AvgIpc) is 2.80. The second-order valence-corrected chi connectivity index (χ2v) is 4.94. The molecule has 2 heterocycles. The summed E-state index contributed by atoms with van der Waals surface area (Å²) in [5.74, 6) is 0. The van der Waals surface area contributed by atoms with Crippen molar-refractivity contribution in [3.63, 3.8) is 0 Å². The van der Waals surface area contributed by atoms with Crippen molar-refractivity contribution in [1.82, 2.24) is 20.0 Å². The molecule has 0 unspecified atom stereocenters. The van der Waals surface area contributed by atoms with E-state index in [-0.39, 0.29) is 0 Å². The van der Waals surface area contributed by atoms with E-state index in [0.29, 0.717) is 5.13 Å². The smallest absolute Gasteiger partial charge is 0.181 e. The van der Waals surface area contributed by atoms with Crippen molar-refractivity contribution in [1.29, 1.82) is 0 Å². The van der Waals surface area contributed by atoms with Gasteiger partial charge in [0, 0.05) is 12.6 Å². The minimum atomic E-state index is 0.594. The van der Waals surface area contributed by atoms with Gasteiger partial charge in [-0.1, -0.05) is 22.6 Å². The number of hydrogen-bond donors (Lipinski definition) is 1. The van der Waals surface area contributed by atoms with Crippen LogP contribution in [0.2, 0.25) is 0 Å². The lowest BCUT2D eigenvalue weighted by Crippen LogP contribution is -1.94. The number of hydrogen-bond acceptors (Lipinski definition) is 5. The molecule has 86 valence electrons. The molecule has 0 aliphatic rings. The van der Waals surface area contributed by atoms with Gasteiger partial charge in [0.25, 0.3) is 0 Å². The van der Waals surface area contributed by atoms with E-state index in [1.54, 1.807) is 4.68 Å². The van der Waals surface area contributed by atoms with Crippen LogP contribution in [-0.2, 0) is 7.05 Å². The monoisotopic (exact) mass is 245 g/mol. The molecule has 0 atom stereocenters. The van der Waals surface area contributed by atoms with Crippen molar-refractivity contribution < 1.29 is 0 Å². The first-order valence-electron chi connectivity index (χ1n) is 5.18. The first-order chi connectivity index (χ1) is 8.15. The van der Waals surface area contributed by atoms with Gasteiger partial charge in [0.1, 0.15) is 0 Å². The maximum atomic E-state index is 5.70. The molecule has 3 rings (SSSR count). The van der Waals surface area contributed by atoms with E-state index < -0.39 is 0 Å². The van der Waals surface area contributed by atoms with Crippen LogP contribution in [0.4, 0.5) is 5.13 Å². The number of fused-ring (bicyclic) bond motifs is 1. The number of nitrogens with two attached hydrogens (primary N) is 1. The van der Waals surface area contributed by atoms with E-state index in [1.165, 1.54) is 11.3 Å². The largest absolute Gasteiger partial charge is 0.375 e. The van der Waals surface area contributed by atoms with E-state index >= 15 is 0 Å². The summed E-state index contributed by atoms with van der Waals surface area (Å²) in [5.41, 5.74) is 9.67. The molecule has 2 N–H and O–H groups in total. The number of anilines is 1. The molecule has 0 saturated heterocycles. The Morgan fingerprint density at radius 1 is 1.35 bits per heavy atom. The first kappa shape index (κ1) is 10.2. The molecule has 0 bridgehead atoms. The molecule has 1 aromatic carbocycles. The zero-order valence-electron chi connectivity index (χ0n) is 9.51. The number of nitrogen functional groups attached to an aromatic ring is 1. The number of aryl methyl sites for hydroxylation is 2. The fourth-order valence-electron chi connectivity index (χ4n) is 1.95. The summed E-state index contributed by atoms with van der Waals surface area (Å²) in [6, 6.07) is 6.08. The van der Waals surface area contributed by atoms with Crippen molar-refractivity contribution in [2.75, 3.05) is 5.73 Å². The molecule has 0 aliphatic heterocycles. The van der Waals surface area contributed by atoms with Crippen molar-refractivity contribution in [2.24, 2.45) is 7.05 Å². The number of rotatable bonds is 1. The average molecular weight is 245 g/mol. The van der Waals surface area contributed by atoms with Crippen LogP contribution < -0.4 is 5.73 Å². The van der Waals surface area contributed by atoms with E-state index in [1.807, 2.05) is 26.1 Å². The van der Waals surface area contributed by atoms with Crippen LogP contribution in [0.1, 0.15) is 5.69 Å². The Morgan fingerprint density at radius 3 is 2.88 bits per heavy atom. The highest BCUT2D eigenvalue weighted by atomic mass is 32.1. The third-order valence-electron chi connectivity index (χ3n) is 2.67. The van der Waals surface area contributed by atoms with Crippen LogP contribution in [0.3, 0.4) is 0 Å². The Labute approximate surface area is 102 Å². The molecule has 0 radical (unpaired) electrons. The SMILES string of the molecule is Cc1nnn(C)c1-c1ccc2nc(N)sc2c1. The van der Waals surface area contributed by atoms with Crippen LogP contribution in [0.5, 0.6) is 0 Å². The summed E-state index contributed by atoms with van der Waals surface area (Å²) in [7, 11) is 1.89. The predicted octanol–water partition coefficient (Wildman–Crippen LogP) is 1.98. The Kier molecular flexibility index (Phi) is 2.12. The van der Waals surface area contributed by atoms with Crippen LogP contribution in [-0.4, -0.2) is 20.0 Å². The van der Waals surface area contributed by atoms with Crippen LogP contribution in [0.25, 0.3) is 21.5 Å². The molecule has 5 nitrogen and oxygen atoms in total. The molecule has 0 spiro atoms. The summed E-state index contributed by atoms with van der Waals surface area (Å²) in [5, 5.41) is 8.66. The van der Waals surface area contributed by atoms with Gasteiger partial charge in [-0.2, -0.15) is 0 Å². The van der Waals surface area contributed by atoms with E-state index in [9.17, 15) is 0 Å². The van der Waals surface area contributed by atoms with Gasteiger partial charge < -0.3 is 5.73 Å². The normalized spacial score (nSPS) is 11.2. The Morgan fingerprint density at radius 2 is 2.18 bits per heavy atom. The lowest BCUT2D eigenvalue weighted by molar-refractivity contribution is 0.719. The van der Waals surface area contributed by atoms with E-state index in [2.05, 4.69) is 21.4 Å². The maximum Gasteiger partial charge on any atom is 0.181 e. The molecule has 6 heteroatoms. The van der Waals surface area contributed by atoms with Crippen LogP contribution in [0, 0.1) is 6.92 Å². The lowest BCUT2D eigenvalue weighted by atomic mass is 10.1. The molecule has 0 amide bonds. The molecular formula is C11H11N5S. The van der Waals surface area contributed by atoms with Gasteiger partial charge in [-0.15, -0.1) is 5.10 Å². The van der Waals surface area contributed by atoms with E-state index in [0.717, 1.165) is 27.2 Å². The standard InChI is InChI=1S/C11H11N5S/c1-6-10(16(2)15-14-6)7-3-4-8-9(5-7)17-11(12)13-8/h3-5H,1-2H3,(H2,12,13). The second-order valence-electron chi connectivity index (χ2n) is 3.88. The van der Waals surface area contributed by atoms with Gasteiger partial charge in [0.2, 0.25) is 0 Å². The number of aromatic nitrogens is 4. The first-order valence-corrected chi connectivity index (χ1v) is 5.99.